The number of benzene rings is 1. The number of piperazine rings is 1. The summed E-state index contributed by atoms with van der Waals surface area (Å²) in [6, 6.07) is 4.66. The lowest BCUT2D eigenvalue weighted by Gasteiger charge is -2.33. The van der Waals surface area contributed by atoms with Gasteiger partial charge in [-0.15, -0.1) is 12.4 Å². The average Bonchev–Trinajstić information content (AvgIpc) is 3.24. The van der Waals surface area contributed by atoms with Crippen LogP contribution < -0.4 is 14.8 Å². The molecule has 0 spiro atoms. The maximum Gasteiger partial charge on any atom is 0.236 e. The minimum Gasteiger partial charge on any atom is -0.493 e. The molecule has 3 aliphatic heterocycles. The van der Waals surface area contributed by atoms with Crippen molar-refractivity contribution in [3.05, 3.63) is 23.3 Å². The Morgan fingerprint density at radius 1 is 1.07 bits per heavy atom. The molecule has 29 heavy (non-hydrogen) atoms. The predicted molar refractivity (Wildman–Crippen MR) is 115 cm³/mol. The van der Waals surface area contributed by atoms with E-state index in [0.29, 0.717) is 12.6 Å². The van der Waals surface area contributed by atoms with Crippen molar-refractivity contribution in [3.8, 4) is 11.5 Å². The van der Waals surface area contributed by atoms with Crippen molar-refractivity contribution < 1.29 is 14.3 Å². The van der Waals surface area contributed by atoms with E-state index in [9.17, 15) is 4.79 Å². The molecule has 2 fully saturated rings. The monoisotopic (exact) mass is 424 g/mol. The Bertz CT molecular complexity index is 711. The normalized spacial score (nSPS) is 22.7. The van der Waals surface area contributed by atoms with Gasteiger partial charge in [-0.25, -0.2) is 0 Å². The summed E-state index contributed by atoms with van der Waals surface area (Å²) in [4.78, 5) is 19.8. The summed E-state index contributed by atoms with van der Waals surface area (Å²) in [5.41, 5.74) is 2.53. The van der Waals surface area contributed by atoms with Crippen LogP contribution in [0.4, 0.5) is 0 Å². The van der Waals surface area contributed by atoms with Gasteiger partial charge in [0.2, 0.25) is 5.91 Å². The molecule has 1 unspecified atom stereocenters. The second kappa shape index (κ2) is 9.98. The molecule has 1 N–H and O–H groups in total. The number of amides is 1. The highest BCUT2D eigenvalue weighted by Crippen LogP contribution is 2.33. The highest BCUT2D eigenvalue weighted by Gasteiger charge is 2.32. The Morgan fingerprint density at radius 3 is 2.45 bits per heavy atom. The Kier molecular flexibility index (Phi) is 7.62. The molecule has 0 aliphatic carbocycles. The molecule has 0 saturated carbocycles. The summed E-state index contributed by atoms with van der Waals surface area (Å²) in [6.45, 7) is 8.29. The number of ether oxygens (including phenoxy) is 2. The highest BCUT2D eigenvalue weighted by molar-refractivity contribution is 5.85. The minimum absolute atomic E-state index is 0. The van der Waals surface area contributed by atoms with Crippen molar-refractivity contribution in [1.29, 1.82) is 0 Å². The van der Waals surface area contributed by atoms with Crippen LogP contribution in [0.5, 0.6) is 11.5 Å². The van der Waals surface area contributed by atoms with Gasteiger partial charge in [0.05, 0.1) is 20.8 Å². The third-order valence-corrected chi connectivity index (χ3v) is 6.34. The third-order valence-electron chi connectivity index (χ3n) is 6.34. The van der Waals surface area contributed by atoms with Crippen LogP contribution in [0.2, 0.25) is 0 Å². The second-order valence-corrected chi connectivity index (χ2v) is 8.00. The first kappa shape index (κ1) is 22.2. The highest BCUT2D eigenvalue weighted by atomic mass is 35.5. The van der Waals surface area contributed by atoms with Gasteiger partial charge in [0, 0.05) is 58.4 Å². The van der Waals surface area contributed by atoms with Gasteiger partial charge in [-0.1, -0.05) is 0 Å². The SMILES string of the molecule is COc1cc2c(cc1OC)CN(CC(=O)N1CCC(N3CCNCC3)C1)CC2.Cl. The summed E-state index contributed by atoms with van der Waals surface area (Å²) in [6.07, 6.45) is 2.04. The van der Waals surface area contributed by atoms with Crippen molar-refractivity contribution in [3.63, 3.8) is 0 Å². The number of hydrogen-bond donors (Lipinski definition) is 1. The lowest BCUT2D eigenvalue weighted by molar-refractivity contribution is -0.131. The van der Waals surface area contributed by atoms with Crippen LogP contribution in [-0.4, -0.2) is 93.2 Å². The number of nitrogens with zero attached hydrogens (tertiary/aromatic N) is 3. The zero-order valence-corrected chi connectivity index (χ0v) is 18.3. The van der Waals surface area contributed by atoms with Crippen molar-refractivity contribution in [1.82, 2.24) is 20.0 Å². The number of carbonyl (C=O) groups is 1. The molecule has 1 amide bonds. The van der Waals surface area contributed by atoms with Gasteiger partial charge in [-0.2, -0.15) is 0 Å². The second-order valence-electron chi connectivity index (χ2n) is 8.00. The van der Waals surface area contributed by atoms with Crippen molar-refractivity contribution >= 4 is 18.3 Å². The van der Waals surface area contributed by atoms with E-state index in [4.69, 9.17) is 9.47 Å². The van der Waals surface area contributed by atoms with Crippen LogP contribution in [-0.2, 0) is 17.8 Å². The molecule has 4 rings (SSSR count). The smallest absolute Gasteiger partial charge is 0.236 e. The molecule has 8 heteroatoms. The molecule has 3 heterocycles. The topological polar surface area (TPSA) is 57.3 Å². The van der Waals surface area contributed by atoms with Crippen molar-refractivity contribution in [2.75, 3.05) is 66.6 Å². The van der Waals surface area contributed by atoms with Gasteiger partial charge >= 0.3 is 0 Å². The summed E-state index contributed by atoms with van der Waals surface area (Å²) in [5.74, 6) is 1.80. The molecule has 1 atom stereocenters. The fraction of sp³-hybridized carbons (Fsp3) is 0.667. The number of nitrogens with one attached hydrogen (secondary N) is 1. The predicted octanol–water partition coefficient (Wildman–Crippen LogP) is 0.990. The van der Waals surface area contributed by atoms with Gasteiger partial charge in [-0.05, 0) is 36.1 Å². The Labute approximate surface area is 179 Å². The summed E-state index contributed by atoms with van der Waals surface area (Å²) >= 11 is 0. The van der Waals surface area contributed by atoms with Crippen LogP contribution in [0.3, 0.4) is 0 Å². The molecule has 7 nitrogen and oxygen atoms in total. The molecular weight excluding hydrogens is 392 g/mol. The zero-order valence-electron chi connectivity index (χ0n) is 17.5. The first-order chi connectivity index (χ1) is 13.7. The third kappa shape index (κ3) is 4.97. The largest absolute Gasteiger partial charge is 0.493 e. The number of halogens is 1. The van der Waals surface area contributed by atoms with Crippen LogP contribution >= 0.6 is 12.4 Å². The van der Waals surface area contributed by atoms with E-state index in [2.05, 4.69) is 32.1 Å². The standard InChI is InChI=1S/C21H32N4O3.ClH/c1-27-19-11-16-3-7-23(13-17(16)12-20(19)28-2)15-21(26)25-8-4-18(14-25)24-9-5-22-6-10-24;/h11-12,18,22H,3-10,13-15H2,1-2H3;1H. The number of hydrogen-bond acceptors (Lipinski definition) is 6. The van der Waals surface area contributed by atoms with Gasteiger partial charge in [0.1, 0.15) is 0 Å². The number of methoxy groups -OCH3 is 2. The van der Waals surface area contributed by atoms with Crippen molar-refractivity contribution in [2.45, 2.75) is 25.4 Å². The van der Waals surface area contributed by atoms with E-state index < -0.39 is 0 Å². The van der Waals surface area contributed by atoms with E-state index in [1.807, 2.05) is 0 Å². The maximum atomic E-state index is 12.9. The number of rotatable bonds is 5. The molecule has 162 valence electrons. The average molecular weight is 425 g/mol. The number of carbonyl (C=O) groups excluding carboxylic acids is 1. The minimum atomic E-state index is 0. The lowest BCUT2D eigenvalue weighted by Crippen LogP contribution is -2.50. The molecule has 0 aromatic heterocycles. The van der Waals surface area contributed by atoms with Crippen LogP contribution in [0.1, 0.15) is 17.5 Å². The van der Waals surface area contributed by atoms with E-state index in [-0.39, 0.29) is 18.3 Å². The molecule has 2 saturated heterocycles. The molecule has 1 aromatic rings. The van der Waals surface area contributed by atoms with Gasteiger partial charge < -0.3 is 19.7 Å². The van der Waals surface area contributed by atoms with Crippen molar-refractivity contribution in [2.24, 2.45) is 0 Å². The van der Waals surface area contributed by atoms with Crippen LogP contribution in [0.25, 0.3) is 0 Å². The fourth-order valence-electron chi connectivity index (χ4n) is 4.68. The Hall–Kier alpha value is -1.54. The molecule has 3 aliphatic rings. The lowest BCUT2D eigenvalue weighted by atomic mass is 9.99. The quantitative estimate of drug-likeness (QED) is 0.760. The Morgan fingerprint density at radius 2 is 1.76 bits per heavy atom. The molecule has 0 radical (unpaired) electrons. The summed E-state index contributed by atoms with van der Waals surface area (Å²) in [5, 5.41) is 3.40. The number of fused-ring (bicyclic) bond motifs is 1. The zero-order chi connectivity index (χ0) is 19.5. The maximum absolute atomic E-state index is 12.9. The molecule has 1 aromatic carbocycles. The van der Waals surface area contributed by atoms with E-state index in [0.717, 1.165) is 76.7 Å². The number of likely N-dealkylation sites (tertiary alicyclic amines) is 1. The van der Waals surface area contributed by atoms with Gasteiger partial charge in [-0.3, -0.25) is 14.6 Å². The summed E-state index contributed by atoms with van der Waals surface area (Å²) in [7, 11) is 3.33. The Balaban J connectivity index is 0.00000240. The molecular formula is C21H33ClN4O3. The van der Waals surface area contributed by atoms with E-state index >= 15 is 0 Å². The van der Waals surface area contributed by atoms with Gasteiger partial charge in [0.15, 0.2) is 11.5 Å². The first-order valence-corrected chi connectivity index (χ1v) is 10.4. The fourth-order valence-corrected chi connectivity index (χ4v) is 4.68. The first-order valence-electron chi connectivity index (χ1n) is 10.4. The van der Waals surface area contributed by atoms with Crippen LogP contribution in [0.15, 0.2) is 12.1 Å². The van der Waals surface area contributed by atoms with E-state index in [1.165, 1.54) is 11.1 Å². The summed E-state index contributed by atoms with van der Waals surface area (Å²) < 4.78 is 10.9. The van der Waals surface area contributed by atoms with E-state index in [1.54, 1.807) is 14.2 Å². The van der Waals surface area contributed by atoms with Crippen LogP contribution in [0, 0.1) is 0 Å². The van der Waals surface area contributed by atoms with Gasteiger partial charge in [0.25, 0.3) is 0 Å². The molecule has 0 bridgehead atoms.